The maximum Gasteiger partial charge on any atom is 0.246 e. The first-order valence-corrected chi connectivity index (χ1v) is 6.07. The lowest BCUT2D eigenvalue weighted by Crippen LogP contribution is -2.39. The van der Waals surface area contributed by atoms with Gasteiger partial charge in [-0.05, 0) is 5.56 Å². The number of amidine groups is 1. The Balaban J connectivity index is 2.60. The van der Waals surface area contributed by atoms with Gasteiger partial charge in [0, 0.05) is 7.11 Å². The van der Waals surface area contributed by atoms with E-state index in [4.69, 9.17) is 20.4 Å². The number of carbonyl (C=O) groups is 1. The minimum Gasteiger partial charge on any atom is -0.409 e. The Bertz CT molecular complexity index is 437. The number of nitrogens with two attached hydrogens (primary N) is 1. The van der Waals surface area contributed by atoms with E-state index < -0.39 is 6.04 Å². The average Bonchev–Trinajstić information content (AvgIpc) is 2.49. The summed E-state index contributed by atoms with van der Waals surface area (Å²) >= 11 is 0. The first kappa shape index (κ1) is 15.9. The average molecular weight is 281 g/mol. The van der Waals surface area contributed by atoms with E-state index in [-0.39, 0.29) is 18.3 Å². The standard InChI is InChI=1S/C13H19N3O4/c1-19-7-8-20-9-11(17)15-12(13(14)16-18)10-5-3-2-4-6-10/h2-6,12,18H,7-9H2,1H3,(H2,14,16)(H,15,17). The van der Waals surface area contributed by atoms with Crippen LogP contribution in [0.2, 0.25) is 0 Å². The molecule has 0 heterocycles. The Kier molecular flexibility index (Phi) is 7.08. The normalized spacial score (nSPS) is 12.9. The third kappa shape index (κ3) is 5.25. The van der Waals surface area contributed by atoms with E-state index in [9.17, 15) is 4.79 Å². The van der Waals surface area contributed by atoms with Crippen LogP contribution in [0.25, 0.3) is 0 Å². The summed E-state index contributed by atoms with van der Waals surface area (Å²) in [6.07, 6.45) is 0. The zero-order valence-electron chi connectivity index (χ0n) is 11.3. The molecule has 0 saturated heterocycles. The summed E-state index contributed by atoms with van der Waals surface area (Å²) in [5.74, 6) is -0.456. The lowest BCUT2D eigenvalue weighted by atomic mass is 10.1. The quantitative estimate of drug-likeness (QED) is 0.208. The van der Waals surface area contributed by atoms with Crippen LogP contribution in [0.5, 0.6) is 0 Å². The third-order valence-corrected chi connectivity index (χ3v) is 2.51. The van der Waals surface area contributed by atoms with Gasteiger partial charge in [-0.25, -0.2) is 0 Å². The van der Waals surface area contributed by atoms with Gasteiger partial charge in [0.25, 0.3) is 0 Å². The molecule has 0 aliphatic rings. The number of ether oxygens (including phenoxy) is 2. The van der Waals surface area contributed by atoms with Crippen molar-refractivity contribution < 1.29 is 19.5 Å². The summed E-state index contributed by atoms with van der Waals surface area (Å²) in [5, 5.41) is 14.4. The van der Waals surface area contributed by atoms with Gasteiger partial charge in [0.05, 0.1) is 13.2 Å². The van der Waals surface area contributed by atoms with Crippen LogP contribution >= 0.6 is 0 Å². The molecule has 0 saturated carbocycles. The van der Waals surface area contributed by atoms with E-state index in [1.807, 2.05) is 6.07 Å². The first-order valence-electron chi connectivity index (χ1n) is 6.07. The van der Waals surface area contributed by atoms with E-state index in [1.165, 1.54) is 0 Å². The smallest absolute Gasteiger partial charge is 0.246 e. The second-order valence-corrected chi connectivity index (χ2v) is 3.98. The van der Waals surface area contributed by atoms with Crippen molar-refractivity contribution >= 4 is 11.7 Å². The van der Waals surface area contributed by atoms with Crippen molar-refractivity contribution in [2.24, 2.45) is 10.9 Å². The SMILES string of the molecule is COCCOCC(=O)NC(/C(N)=N/O)c1ccccc1. The molecule has 4 N–H and O–H groups in total. The van der Waals surface area contributed by atoms with Crippen molar-refractivity contribution in [1.29, 1.82) is 0 Å². The van der Waals surface area contributed by atoms with Crippen molar-refractivity contribution in [1.82, 2.24) is 5.32 Å². The van der Waals surface area contributed by atoms with Crippen LogP contribution in [0.15, 0.2) is 35.5 Å². The summed E-state index contributed by atoms with van der Waals surface area (Å²) in [6, 6.07) is 8.29. The second kappa shape index (κ2) is 8.89. The lowest BCUT2D eigenvalue weighted by molar-refractivity contribution is -0.126. The molecule has 0 aliphatic carbocycles. The van der Waals surface area contributed by atoms with Gasteiger partial charge >= 0.3 is 0 Å². The van der Waals surface area contributed by atoms with E-state index in [0.29, 0.717) is 18.8 Å². The molecule has 1 atom stereocenters. The van der Waals surface area contributed by atoms with Gasteiger partial charge in [-0.3, -0.25) is 4.79 Å². The molecule has 1 aromatic carbocycles. The number of methoxy groups -OCH3 is 1. The van der Waals surface area contributed by atoms with Crippen LogP contribution in [-0.2, 0) is 14.3 Å². The molecule has 7 nitrogen and oxygen atoms in total. The van der Waals surface area contributed by atoms with E-state index >= 15 is 0 Å². The highest BCUT2D eigenvalue weighted by Crippen LogP contribution is 2.12. The molecule has 0 bridgehead atoms. The Morgan fingerprint density at radius 2 is 2.10 bits per heavy atom. The summed E-state index contributed by atoms with van der Waals surface area (Å²) < 4.78 is 9.91. The molecule has 1 unspecified atom stereocenters. The lowest BCUT2D eigenvalue weighted by Gasteiger charge is -2.17. The minimum atomic E-state index is -0.695. The van der Waals surface area contributed by atoms with Crippen molar-refractivity contribution in [3.8, 4) is 0 Å². The zero-order chi connectivity index (χ0) is 14.8. The number of carbonyl (C=O) groups excluding carboxylic acids is 1. The second-order valence-electron chi connectivity index (χ2n) is 3.98. The number of hydrogen-bond acceptors (Lipinski definition) is 5. The van der Waals surface area contributed by atoms with Crippen LogP contribution in [0.3, 0.4) is 0 Å². The maximum absolute atomic E-state index is 11.7. The Labute approximate surface area is 117 Å². The van der Waals surface area contributed by atoms with Gasteiger partial charge in [-0.1, -0.05) is 35.5 Å². The van der Waals surface area contributed by atoms with Crippen LogP contribution in [-0.4, -0.2) is 43.9 Å². The summed E-state index contributed by atoms with van der Waals surface area (Å²) in [6.45, 7) is 0.616. The molecule has 110 valence electrons. The molecule has 1 amide bonds. The Morgan fingerprint density at radius 1 is 1.40 bits per heavy atom. The van der Waals surface area contributed by atoms with Crippen molar-refractivity contribution in [3.63, 3.8) is 0 Å². The molecule has 20 heavy (non-hydrogen) atoms. The van der Waals surface area contributed by atoms with Crippen molar-refractivity contribution in [2.45, 2.75) is 6.04 Å². The highest BCUT2D eigenvalue weighted by Gasteiger charge is 2.18. The van der Waals surface area contributed by atoms with Gasteiger partial charge < -0.3 is 25.7 Å². The van der Waals surface area contributed by atoms with Crippen molar-refractivity contribution in [3.05, 3.63) is 35.9 Å². The maximum atomic E-state index is 11.7. The number of oxime groups is 1. The molecule has 1 aromatic rings. The molecule has 0 aromatic heterocycles. The van der Waals surface area contributed by atoms with Crippen LogP contribution in [0, 0.1) is 0 Å². The fraction of sp³-hybridized carbons (Fsp3) is 0.385. The van der Waals surface area contributed by atoms with Crippen LogP contribution in [0.1, 0.15) is 11.6 Å². The van der Waals surface area contributed by atoms with Crippen molar-refractivity contribution in [2.75, 3.05) is 26.9 Å². The Morgan fingerprint density at radius 3 is 2.70 bits per heavy atom. The number of hydrogen-bond donors (Lipinski definition) is 3. The van der Waals surface area contributed by atoms with Gasteiger partial charge in [-0.2, -0.15) is 0 Å². The highest BCUT2D eigenvalue weighted by atomic mass is 16.5. The van der Waals surface area contributed by atoms with E-state index in [1.54, 1.807) is 31.4 Å². The van der Waals surface area contributed by atoms with Gasteiger partial charge in [0.15, 0.2) is 5.84 Å². The summed E-state index contributed by atoms with van der Waals surface area (Å²) in [5.41, 5.74) is 6.31. The molecule has 0 fully saturated rings. The topological polar surface area (TPSA) is 106 Å². The van der Waals surface area contributed by atoms with Crippen LogP contribution < -0.4 is 11.1 Å². The monoisotopic (exact) mass is 281 g/mol. The summed E-state index contributed by atoms with van der Waals surface area (Å²) in [4.78, 5) is 11.7. The van der Waals surface area contributed by atoms with E-state index in [0.717, 1.165) is 0 Å². The molecule has 0 spiro atoms. The predicted octanol–water partition coefficient (Wildman–Crippen LogP) is 0.253. The van der Waals surface area contributed by atoms with E-state index in [2.05, 4.69) is 10.5 Å². The molecule has 0 radical (unpaired) electrons. The first-order chi connectivity index (χ1) is 9.69. The van der Waals surface area contributed by atoms with Crippen LogP contribution in [0.4, 0.5) is 0 Å². The zero-order valence-corrected chi connectivity index (χ0v) is 11.3. The minimum absolute atomic E-state index is 0.0959. The fourth-order valence-electron chi connectivity index (χ4n) is 1.54. The predicted molar refractivity (Wildman–Crippen MR) is 73.4 cm³/mol. The number of nitrogens with zero attached hydrogens (tertiary/aromatic N) is 1. The molecular formula is C13H19N3O4. The number of nitrogens with one attached hydrogen (secondary N) is 1. The molecule has 0 aliphatic heterocycles. The summed E-state index contributed by atoms with van der Waals surface area (Å²) in [7, 11) is 1.55. The molecule has 1 rings (SSSR count). The number of benzene rings is 1. The number of amides is 1. The van der Waals surface area contributed by atoms with Gasteiger partial charge in [-0.15, -0.1) is 0 Å². The Hall–Kier alpha value is -2.12. The third-order valence-electron chi connectivity index (χ3n) is 2.51. The van der Waals surface area contributed by atoms with Gasteiger partial charge in [0.1, 0.15) is 12.6 Å². The number of rotatable bonds is 8. The fourth-order valence-corrected chi connectivity index (χ4v) is 1.54. The molecular weight excluding hydrogens is 262 g/mol. The molecule has 7 heteroatoms. The largest absolute Gasteiger partial charge is 0.409 e. The van der Waals surface area contributed by atoms with Gasteiger partial charge in [0.2, 0.25) is 5.91 Å². The highest BCUT2D eigenvalue weighted by molar-refractivity contribution is 5.91.